The largest absolute Gasteiger partial charge is 0.465 e. The topological polar surface area (TPSA) is 134 Å². The number of hydrogen-bond donors (Lipinski definition) is 1. The molecule has 0 spiro atoms. The van der Waals surface area contributed by atoms with Crippen molar-refractivity contribution in [2.75, 3.05) is 13.1 Å². The second-order valence-electron chi connectivity index (χ2n) is 10.6. The summed E-state index contributed by atoms with van der Waals surface area (Å²) in [5, 5.41) is 19.3. The van der Waals surface area contributed by atoms with Gasteiger partial charge in [0.1, 0.15) is 11.3 Å². The van der Waals surface area contributed by atoms with E-state index in [9.17, 15) is 23.6 Å². The Balaban J connectivity index is 1.47. The number of nitriles is 1. The molecule has 0 unspecified atom stereocenters. The zero-order chi connectivity index (χ0) is 27.1. The van der Waals surface area contributed by atoms with E-state index in [2.05, 4.69) is 15.6 Å². The predicted octanol–water partition coefficient (Wildman–Crippen LogP) is 5.13. The lowest BCUT2D eigenvalue weighted by Gasteiger charge is -2.33. The first kappa shape index (κ1) is 25.4. The van der Waals surface area contributed by atoms with Crippen LogP contribution in [0.4, 0.5) is 4.79 Å². The molecule has 3 aromatic heterocycles. The van der Waals surface area contributed by atoms with Crippen molar-refractivity contribution < 1.29 is 18.3 Å². The maximum Gasteiger partial charge on any atom is 0.407 e. The number of carboxylic acid groups (broad SMARTS) is 1. The van der Waals surface area contributed by atoms with Crippen molar-refractivity contribution in [1.82, 2.24) is 23.4 Å². The Labute approximate surface area is 226 Å². The van der Waals surface area contributed by atoms with Crippen LogP contribution in [0.2, 0.25) is 0 Å². The number of rotatable bonds is 5. The van der Waals surface area contributed by atoms with Gasteiger partial charge >= 0.3 is 6.09 Å². The number of fused-ring (bicyclic) bond motifs is 3. The third-order valence-electron chi connectivity index (χ3n) is 8.35. The lowest BCUT2D eigenvalue weighted by atomic mass is 9.84. The van der Waals surface area contributed by atoms with Crippen LogP contribution in [0.15, 0.2) is 53.7 Å². The summed E-state index contributed by atoms with van der Waals surface area (Å²) >= 11 is 0. The summed E-state index contributed by atoms with van der Waals surface area (Å²) in [5.74, 6) is 1.41. The highest BCUT2D eigenvalue weighted by Gasteiger charge is 2.33. The second kappa shape index (κ2) is 10.0. The molecule has 10 nitrogen and oxygen atoms in total. The minimum absolute atomic E-state index is 0.0926. The van der Waals surface area contributed by atoms with Gasteiger partial charge in [0.25, 0.3) is 10.0 Å². The fourth-order valence-electron chi connectivity index (χ4n) is 6.29. The summed E-state index contributed by atoms with van der Waals surface area (Å²) < 4.78 is 30.5. The number of aromatic nitrogens is 4. The van der Waals surface area contributed by atoms with Crippen molar-refractivity contribution in [3.63, 3.8) is 0 Å². The van der Waals surface area contributed by atoms with Crippen molar-refractivity contribution in [1.29, 1.82) is 5.26 Å². The average molecular weight is 547 g/mol. The third-order valence-corrected chi connectivity index (χ3v) is 10.0. The van der Waals surface area contributed by atoms with Crippen molar-refractivity contribution >= 4 is 38.2 Å². The molecule has 1 saturated heterocycles. The zero-order valence-electron chi connectivity index (χ0n) is 21.5. The monoisotopic (exact) mass is 546 g/mol. The van der Waals surface area contributed by atoms with E-state index < -0.39 is 16.1 Å². The summed E-state index contributed by atoms with van der Waals surface area (Å²) in [6.45, 7) is 0.912. The van der Waals surface area contributed by atoms with Gasteiger partial charge < -0.3 is 14.6 Å². The van der Waals surface area contributed by atoms with E-state index in [0.29, 0.717) is 49.4 Å². The van der Waals surface area contributed by atoms with E-state index in [1.165, 1.54) is 8.87 Å². The number of amides is 1. The molecule has 1 aliphatic carbocycles. The Morgan fingerprint density at radius 3 is 2.44 bits per heavy atom. The number of benzene rings is 1. The lowest BCUT2D eigenvalue weighted by Crippen LogP contribution is -2.37. The minimum Gasteiger partial charge on any atom is -0.465 e. The number of imidazole rings is 1. The van der Waals surface area contributed by atoms with E-state index >= 15 is 0 Å². The molecule has 2 aliphatic rings. The lowest BCUT2D eigenvalue weighted by molar-refractivity contribution is 0.130. The number of nitrogens with zero attached hydrogens (tertiary/aromatic N) is 6. The fourth-order valence-corrected chi connectivity index (χ4v) is 7.61. The number of carbonyl (C=O) groups is 1. The molecule has 0 bridgehead atoms. The number of hydrogen-bond acceptors (Lipinski definition) is 6. The quantitative estimate of drug-likeness (QED) is 0.367. The van der Waals surface area contributed by atoms with Gasteiger partial charge in [-0.2, -0.15) is 5.26 Å². The molecule has 4 heterocycles. The highest BCUT2D eigenvalue weighted by molar-refractivity contribution is 7.90. The standard InChI is InChI=1S/C28H30N6O4S/c29-14-10-19-6-8-21(9-7-19)34-25-23-13-17-33(39(37,38)22-4-2-1-3-5-22)27(23)30-18-24(25)31-26(34)20-11-15-32(16-12-20)28(35)36/h1-5,13,17-21H,6-12,15-16H2,(H,35,36). The molecule has 1 aliphatic heterocycles. The van der Waals surface area contributed by atoms with Crippen molar-refractivity contribution in [2.45, 2.75) is 61.8 Å². The van der Waals surface area contributed by atoms with Crippen molar-refractivity contribution in [3.8, 4) is 6.07 Å². The van der Waals surface area contributed by atoms with Gasteiger partial charge in [0.2, 0.25) is 0 Å². The Kier molecular flexibility index (Phi) is 6.51. The first-order valence-corrected chi connectivity index (χ1v) is 14.9. The second-order valence-corrected chi connectivity index (χ2v) is 12.4. The molecule has 202 valence electrons. The molecule has 2 fully saturated rings. The first-order chi connectivity index (χ1) is 18.9. The van der Waals surface area contributed by atoms with Crippen LogP contribution in [0.1, 0.15) is 62.7 Å². The van der Waals surface area contributed by atoms with Crippen LogP contribution in [-0.4, -0.2) is 56.1 Å². The van der Waals surface area contributed by atoms with Crippen LogP contribution in [-0.2, 0) is 10.0 Å². The van der Waals surface area contributed by atoms with Crippen molar-refractivity contribution in [3.05, 3.63) is 54.6 Å². The smallest absolute Gasteiger partial charge is 0.407 e. The van der Waals surface area contributed by atoms with Crippen LogP contribution < -0.4 is 0 Å². The maximum absolute atomic E-state index is 13.5. The van der Waals surface area contributed by atoms with Crippen LogP contribution in [0.25, 0.3) is 22.1 Å². The summed E-state index contributed by atoms with van der Waals surface area (Å²) in [6.07, 6.45) is 7.96. The van der Waals surface area contributed by atoms with Gasteiger partial charge in [-0.05, 0) is 62.6 Å². The summed E-state index contributed by atoms with van der Waals surface area (Å²) in [4.78, 5) is 22.7. The fraction of sp³-hybridized carbons (Fsp3) is 0.429. The van der Waals surface area contributed by atoms with Crippen LogP contribution >= 0.6 is 0 Å². The van der Waals surface area contributed by atoms with Gasteiger partial charge in [0, 0.05) is 43.1 Å². The van der Waals surface area contributed by atoms with Crippen LogP contribution in [0.3, 0.4) is 0 Å². The minimum atomic E-state index is -3.84. The molecular formula is C28H30N6O4S. The molecule has 1 amide bonds. The molecule has 4 aromatic rings. The first-order valence-electron chi connectivity index (χ1n) is 13.4. The van der Waals surface area contributed by atoms with Crippen LogP contribution in [0.5, 0.6) is 0 Å². The molecule has 6 rings (SSSR count). The van der Waals surface area contributed by atoms with Gasteiger partial charge in [-0.3, -0.25) is 0 Å². The molecule has 1 aromatic carbocycles. The Hall–Kier alpha value is -3.91. The molecule has 11 heteroatoms. The van der Waals surface area contributed by atoms with E-state index in [0.717, 1.165) is 42.4 Å². The molecule has 1 saturated carbocycles. The molecule has 0 radical (unpaired) electrons. The highest BCUT2D eigenvalue weighted by Crippen LogP contribution is 2.41. The van der Waals surface area contributed by atoms with Gasteiger partial charge in [0.05, 0.1) is 22.7 Å². The van der Waals surface area contributed by atoms with Crippen molar-refractivity contribution in [2.24, 2.45) is 5.92 Å². The van der Waals surface area contributed by atoms with Gasteiger partial charge in [-0.1, -0.05) is 18.2 Å². The third kappa shape index (κ3) is 4.42. The van der Waals surface area contributed by atoms with Gasteiger partial charge in [-0.25, -0.2) is 27.2 Å². The molecule has 0 atom stereocenters. The van der Waals surface area contributed by atoms with E-state index in [1.54, 1.807) is 42.7 Å². The maximum atomic E-state index is 13.5. The van der Waals surface area contributed by atoms with E-state index in [1.807, 2.05) is 6.07 Å². The SMILES string of the molecule is N#CCC1CCC(n2c(C3CCN(C(=O)O)CC3)nc3cnc4c(ccn4S(=O)(=O)c4ccccc4)c32)CC1. The Morgan fingerprint density at radius 2 is 1.77 bits per heavy atom. The summed E-state index contributed by atoms with van der Waals surface area (Å²) in [6, 6.07) is 12.6. The van der Waals surface area contributed by atoms with Gasteiger partial charge in [-0.15, -0.1) is 0 Å². The van der Waals surface area contributed by atoms with Crippen LogP contribution in [0, 0.1) is 17.2 Å². The molecule has 1 N–H and O–H groups in total. The van der Waals surface area contributed by atoms with E-state index in [-0.39, 0.29) is 16.9 Å². The average Bonchev–Trinajstić information content (AvgIpc) is 3.56. The Morgan fingerprint density at radius 1 is 1.05 bits per heavy atom. The van der Waals surface area contributed by atoms with Gasteiger partial charge in [0.15, 0.2) is 5.65 Å². The highest BCUT2D eigenvalue weighted by atomic mass is 32.2. The number of pyridine rings is 1. The normalized spacial score (nSPS) is 20.8. The molecular weight excluding hydrogens is 516 g/mol. The zero-order valence-corrected chi connectivity index (χ0v) is 22.3. The summed E-state index contributed by atoms with van der Waals surface area (Å²) in [7, 11) is -3.84. The molecule has 39 heavy (non-hydrogen) atoms. The summed E-state index contributed by atoms with van der Waals surface area (Å²) in [5.41, 5.74) is 1.95. The Bertz CT molecular complexity index is 1670. The number of likely N-dealkylation sites (tertiary alicyclic amines) is 1. The van der Waals surface area contributed by atoms with E-state index in [4.69, 9.17) is 4.98 Å². The number of piperidine rings is 1. The predicted molar refractivity (Wildman–Crippen MR) is 145 cm³/mol.